The van der Waals surface area contributed by atoms with Crippen LogP contribution in [0.3, 0.4) is 0 Å². The van der Waals surface area contributed by atoms with Crippen molar-refractivity contribution in [2.75, 3.05) is 7.05 Å². The van der Waals surface area contributed by atoms with Crippen LogP contribution in [0.25, 0.3) is 11.5 Å². The molecule has 0 atom stereocenters. The molecular weight excluding hydrogens is 290 g/mol. The van der Waals surface area contributed by atoms with E-state index in [1.165, 1.54) is 6.07 Å². The molecule has 0 aliphatic heterocycles. The number of nitrogens with zero attached hydrogens (tertiary/aromatic N) is 4. The molecule has 0 radical (unpaired) electrons. The second-order valence-corrected chi connectivity index (χ2v) is 6.40. The molecule has 0 bridgehead atoms. The van der Waals surface area contributed by atoms with Crippen LogP contribution in [0.2, 0.25) is 0 Å². The molecular formula is C17H21N5O. The fourth-order valence-corrected chi connectivity index (χ4v) is 2.60. The van der Waals surface area contributed by atoms with E-state index in [0.29, 0.717) is 17.1 Å². The molecule has 0 fully saturated rings. The molecule has 0 unspecified atom stereocenters. The summed E-state index contributed by atoms with van der Waals surface area (Å²) in [6.45, 7) is 10.1. The highest BCUT2D eigenvalue weighted by Crippen LogP contribution is 2.30. The van der Waals surface area contributed by atoms with Crippen LogP contribution in [0.5, 0.6) is 0 Å². The second kappa shape index (κ2) is 5.84. The monoisotopic (exact) mass is 311 g/mol. The lowest BCUT2D eigenvalue weighted by Gasteiger charge is -2.25. The van der Waals surface area contributed by atoms with Crippen LogP contribution in [-0.4, -0.2) is 27.5 Å². The second-order valence-electron chi connectivity index (χ2n) is 6.40. The van der Waals surface area contributed by atoms with Crippen LogP contribution in [0.15, 0.2) is 12.1 Å². The predicted octanol–water partition coefficient (Wildman–Crippen LogP) is 2.55. The van der Waals surface area contributed by atoms with Crippen molar-refractivity contribution in [1.29, 1.82) is 5.26 Å². The average molecular weight is 311 g/mol. The standard InChI is InChI=1S/C17H21N5O/c1-10-11(2)22(17(3,4)5)15(20-10)14-13(16(23)19-6)8-7-12(9-18)21-14/h7-8H,1-6H3,(H,19,23). The normalized spacial score (nSPS) is 11.2. The minimum absolute atomic E-state index is 0.231. The van der Waals surface area contributed by atoms with Gasteiger partial charge >= 0.3 is 0 Å². The third kappa shape index (κ3) is 2.95. The number of pyridine rings is 1. The lowest BCUT2D eigenvalue weighted by atomic mass is 10.1. The first-order valence-corrected chi connectivity index (χ1v) is 7.40. The molecule has 2 heterocycles. The Hall–Kier alpha value is -2.68. The van der Waals surface area contributed by atoms with Gasteiger partial charge in [0, 0.05) is 18.3 Å². The van der Waals surface area contributed by atoms with Gasteiger partial charge in [-0.1, -0.05) is 0 Å². The van der Waals surface area contributed by atoms with Crippen molar-refractivity contribution in [2.24, 2.45) is 0 Å². The molecule has 23 heavy (non-hydrogen) atoms. The third-order valence-electron chi connectivity index (χ3n) is 3.71. The summed E-state index contributed by atoms with van der Waals surface area (Å²) in [6.07, 6.45) is 0. The van der Waals surface area contributed by atoms with Gasteiger partial charge in [-0.25, -0.2) is 9.97 Å². The van der Waals surface area contributed by atoms with E-state index in [9.17, 15) is 4.79 Å². The minimum atomic E-state index is -0.254. The number of aryl methyl sites for hydroxylation is 1. The molecule has 0 aromatic carbocycles. The van der Waals surface area contributed by atoms with Crippen molar-refractivity contribution in [1.82, 2.24) is 19.9 Å². The molecule has 2 aromatic rings. The van der Waals surface area contributed by atoms with Crippen molar-refractivity contribution in [2.45, 2.75) is 40.2 Å². The first kappa shape index (κ1) is 16.7. The molecule has 0 spiro atoms. The van der Waals surface area contributed by atoms with Crippen molar-refractivity contribution < 1.29 is 4.79 Å². The van der Waals surface area contributed by atoms with E-state index in [1.54, 1.807) is 13.1 Å². The Morgan fingerprint density at radius 2 is 1.91 bits per heavy atom. The van der Waals surface area contributed by atoms with Crippen LogP contribution >= 0.6 is 0 Å². The van der Waals surface area contributed by atoms with E-state index in [-0.39, 0.29) is 17.1 Å². The van der Waals surface area contributed by atoms with Crippen LogP contribution in [0, 0.1) is 25.2 Å². The lowest BCUT2D eigenvalue weighted by Crippen LogP contribution is -2.26. The number of rotatable bonds is 2. The van der Waals surface area contributed by atoms with Crippen molar-refractivity contribution in [3.8, 4) is 17.6 Å². The summed E-state index contributed by atoms with van der Waals surface area (Å²) in [4.78, 5) is 21.2. The first-order chi connectivity index (χ1) is 10.7. The zero-order chi connectivity index (χ0) is 17.4. The van der Waals surface area contributed by atoms with Crippen molar-refractivity contribution in [3.05, 3.63) is 34.8 Å². The maximum absolute atomic E-state index is 12.2. The Balaban J connectivity index is 2.84. The lowest BCUT2D eigenvalue weighted by molar-refractivity contribution is 0.0963. The molecule has 6 heteroatoms. The minimum Gasteiger partial charge on any atom is -0.355 e. The van der Waals surface area contributed by atoms with E-state index in [1.807, 2.05) is 19.9 Å². The number of carbonyl (C=O) groups excluding carboxylic acids is 1. The Labute approximate surface area is 136 Å². The number of imidazole rings is 1. The number of nitrogens with one attached hydrogen (secondary N) is 1. The summed E-state index contributed by atoms with van der Waals surface area (Å²) >= 11 is 0. The molecule has 6 nitrogen and oxygen atoms in total. The molecule has 2 rings (SSSR count). The van der Waals surface area contributed by atoms with Gasteiger partial charge in [-0.2, -0.15) is 5.26 Å². The van der Waals surface area contributed by atoms with Gasteiger partial charge in [0.05, 0.1) is 11.3 Å². The van der Waals surface area contributed by atoms with E-state index >= 15 is 0 Å². The van der Waals surface area contributed by atoms with Gasteiger partial charge in [0.2, 0.25) is 0 Å². The third-order valence-corrected chi connectivity index (χ3v) is 3.71. The molecule has 0 aliphatic carbocycles. The van der Waals surface area contributed by atoms with Gasteiger partial charge < -0.3 is 9.88 Å². The summed E-state index contributed by atoms with van der Waals surface area (Å²) in [5.74, 6) is 0.346. The SMILES string of the molecule is CNC(=O)c1ccc(C#N)nc1-c1nc(C)c(C)n1C(C)(C)C. The predicted molar refractivity (Wildman–Crippen MR) is 88.0 cm³/mol. The van der Waals surface area contributed by atoms with Gasteiger partial charge in [-0.15, -0.1) is 0 Å². The summed E-state index contributed by atoms with van der Waals surface area (Å²) < 4.78 is 2.05. The topological polar surface area (TPSA) is 83.6 Å². The highest BCUT2D eigenvalue weighted by Gasteiger charge is 2.26. The molecule has 0 saturated heterocycles. The van der Waals surface area contributed by atoms with Crippen molar-refractivity contribution in [3.63, 3.8) is 0 Å². The molecule has 120 valence electrons. The maximum atomic E-state index is 12.2. The van der Waals surface area contributed by atoms with Crippen LogP contribution in [0.1, 0.15) is 48.2 Å². The number of carbonyl (C=O) groups is 1. The molecule has 0 saturated carbocycles. The zero-order valence-corrected chi connectivity index (χ0v) is 14.4. The highest BCUT2D eigenvalue weighted by atomic mass is 16.1. The average Bonchev–Trinajstić information content (AvgIpc) is 2.81. The van der Waals surface area contributed by atoms with Crippen LogP contribution in [0.4, 0.5) is 0 Å². The quantitative estimate of drug-likeness (QED) is 0.923. The highest BCUT2D eigenvalue weighted by molar-refractivity contribution is 5.99. The number of hydrogen-bond donors (Lipinski definition) is 1. The molecule has 1 amide bonds. The summed E-state index contributed by atoms with van der Waals surface area (Å²) in [6, 6.07) is 5.18. The Morgan fingerprint density at radius 1 is 1.26 bits per heavy atom. The number of amides is 1. The zero-order valence-electron chi connectivity index (χ0n) is 14.4. The maximum Gasteiger partial charge on any atom is 0.253 e. The first-order valence-electron chi connectivity index (χ1n) is 7.40. The summed E-state index contributed by atoms with van der Waals surface area (Å²) in [7, 11) is 1.57. The van der Waals surface area contributed by atoms with E-state index in [0.717, 1.165) is 11.4 Å². The van der Waals surface area contributed by atoms with Crippen molar-refractivity contribution >= 4 is 5.91 Å². The number of nitriles is 1. The Morgan fingerprint density at radius 3 is 2.43 bits per heavy atom. The van der Waals surface area contributed by atoms with E-state index in [2.05, 4.69) is 40.6 Å². The fourth-order valence-electron chi connectivity index (χ4n) is 2.60. The van der Waals surface area contributed by atoms with E-state index < -0.39 is 0 Å². The summed E-state index contributed by atoms with van der Waals surface area (Å²) in [5.41, 5.74) is 2.75. The van der Waals surface area contributed by atoms with Gasteiger partial charge in [0.15, 0.2) is 5.82 Å². The van der Waals surface area contributed by atoms with Gasteiger partial charge in [0.1, 0.15) is 17.5 Å². The fraction of sp³-hybridized carbons (Fsp3) is 0.412. The number of aromatic nitrogens is 3. The largest absolute Gasteiger partial charge is 0.355 e. The van der Waals surface area contributed by atoms with Crippen LogP contribution in [-0.2, 0) is 5.54 Å². The molecule has 1 N–H and O–H groups in total. The van der Waals surface area contributed by atoms with Gasteiger partial charge in [-0.3, -0.25) is 4.79 Å². The van der Waals surface area contributed by atoms with E-state index in [4.69, 9.17) is 5.26 Å². The van der Waals surface area contributed by atoms with Crippen LogP contribution < -0.4 is 5.32 Å². The number of hydrogen-bond acceptors (Lipinski definition) is 4. The Kier molecular flexibility index (Phi) is 4.24. The summed E-state index contributed by atoms with van der Waals surface area (Å²) in [5, 5.41) is 11.8. The smallest absolute Gasteiger partial charge is 0.253 e. The molecule has 2 aromatic heterocycles. The van der Waals surface area contributed by atoms with Gasteiger partial charge in [0.25, 0.3) is 5.91 Å². The van der Waals surface area contributed by atoms with Gasteiger partial charge in [-0.05, 0) is 46.8 Å². The Bertz CT molecular complexity index is 806. The molecule has 0 aliphatic rings.